The number of benzene rings is 1. The third-order valence-corrected chi connectivity index (χ3v) is 4.75. The van der Waals surface area contributed by atoms with E-state index >= 15 is 0 Å². The second kappa shape index (κ2) is 13.4. The van der Waals surface area contributed by atoms with Crippen molar-refractivity contribution in [2.45, 2.75) is 59.0 Å². The third-order valence-electron chi connectivity index (χ3n) is 4.75. The Labute approximate surface area is 191 Å². The van der Waals surface area contributed by atoms with Gasteiger partial charge in [0, 0.05) is 44.2 Å². The highest BCUT2D eigenvalue weighted by atomic mass is 127. The smallest absolute Gasteiger partial charge is 0.227 e. The van der Waals surface area contributed by atoms with Gasteiger partial charge in [-0.15, -0.1) is 24.0 Å². The molecule has 1 aliphatic heterocycles. The second-order valence-corrected chi connectivity index (χ2v) is 7.06. The fourth-order valence-electron chi connectivity index (χ4n) is 2.96. The summed E-state index contributed by atoms with van der Waals surface area (Å²) < 4.78 is 0. The van der Waals surface area contributed by atoms with Crippen molar-refractivity contribution in [3.63, 3.8) is 0 Å². The zero-order valence-electron chi connectivity index (χ0n) is 17.7. The van der Waals surface area contributed by atoms with E-state index in [0.717, 1.165) is 37.2 Å². The molecule has 1 aromatic rings. The summed E-state index contributed by atoms with van der Waals surface area (Å²) in [7, 11) is 0. The van der Waals surface area contributed by atoms with Crippen molar-refractivity contribution >= 4 is 47.4 Å². The van der Waals surface area contributed by atoms with E-state index in [-0.39, 0.29) is 41.8 Å². The lowest BCUT2D eigenvalue weighted by Gasteiger charge is -2.16. The number of carbonyl (C=O) groups excluding carboxylic acids is 2. The molecule has 1 aliphatic rings. The highest BCUT2D eigenvalue weighted by Crippen LogP contribution is 2.21. The molecule has 29 heavy (non-hydrogen) atoms. The molecule has 0 spiro atoms. The first-order chi connectivity index (χ1) is 13.5. The summed E-state index contributed by atoms with van der Waals surface area (Å²) in [6.45, 7) is 8.67. The first-order valence-corrected chi connectivity index (χ1v) is 10.2. The quantitative estimate of drug-likeness (QED) is 0.268. The minimum atomic E-state index is 0. The Morgan fingerprint density at radius 3 is 2.52 bits per heavy atom. The van der Waals surface area contributed by atoms with E-state index in [4.69, 9.17) is 0 Å². The van der Waals surface area contributed by atoms with Crippen LogP contribution in [0.5, 0.6) is 0 Å². The van der Waals surface area contributed by atoms with E-state index in [0.29, 0.717) is 31.9 Å². The summed E-state index contributed by atoms with van der Waals surface area (Å²) in [6, 6.07) is 8.18. The van der Waals surface area contributed by atoms with Crippen molar-refractivity contribution in [2.24, 2.45) is 4.99 Å². The fourth-order valence-corrected chi connectivity index (χ4v) is 2.96. The lowest BCUT2D eigenvalue weighted by Crippen LogP contribution is -2.40. The number of aliphatic imine (C=N–C) groups is 1. The van der Waals surface area contributed by atoms with Crippen LogP contribution in [0, 0.1) is 0 Å². The van der Waals surface area contributed by atoms with Gasteiger partial charge < -0.3 is 20.9 Å². The van der Waals surface area contributed by atoms with Crippen LogP contribution in [0.1, 0.15) is 52.0 Å². The number of hydrogen-bond donors (Lipinski definition) is 3. The van der Waals surface area contributed by atoms with Crippen molar-refractivity contribution in [2.75, 3.05) is 24.5 Å². The second-order valence-electron chi connectivity index (χ2n) is 7.06. The van der Waals surface area contributed by atoms with Crippen LogP contribution in [-0.2, 0) is 16.1 Å². The monoisotopic (exact) mass is 515 g/mol. The maximum absolute atomic E-state index is 11.9. The zero-order chi connectivity index (χ0) is 20.4. The summed E-state index contributed by atoms with van der Waals surface area (Å²) in [5.41, 5.74) is 2.02. The molecule has 0 aliphatic carbocycles. The molecule has 1 unspecified atom stereocenters. The van der Waals surface area contributed by atoms with Crippen LogP contribution in [-0.4, -0.2) is 43.5 Å². The first-order valence-electron chi connectivity index (χ1n) is 10.2. The summed E-state index contributed by atoms with van der Waals surface area (Å²) in [5.74, 6) is 0.934. The van der Waals surface area contributed by atoms with Gasteiger partial charge in [-0.2, -0.15) is 0 Å². The summed E-state index contributed by atoms with van der Waals surface area (Å²) in [6.07, 6.45) is 2.90. The van der Waals surface area contributed by atoms with E-state index in [1.807, 2.05) is 43.0 Å². The minimum Gasteiger partial charge on any atom is -0.357 e. The van der Waals surface area contributed by atoms with Crippen molar-refractivity contribution in [3.05, 3.63) is 29.8 Å². The van der Waals surface area contributed by atoms with Gasteiger partial charge in [-0.1, -0.05) is 19.1 Å². The largest absolute Gasteiger partial charge is 0.357 e. The molecule has 7 nitrogen and oxygen atoms in total. The van der Waals surface area contributed by atoms with Gasteiger partial charge in [0.25, 0.3) is 0 Å². The van der Waals surface area contributed by atoms with E-state index in [1.54, 1.807) is 0 Å². The predicted molar refractivity (Wildman–Crippen MR) is 129 cm³/mol. The molecule has 1 fully saturated rings. The number of amides is 2. The van der Waals surface area contributed by atoms with Gasteiger partial charge in [0.05, 0.1) is 6.54 Å². The highest BCUT2D eigenvalue weighted by molar-refractivity contribution is 14.0. The Morgan fingerprint density at radius 1 is 1.21 bits per heavy atom. The molecule has 2 rings (SSSR count). The molecule has 0 bridgehead atoms. The number of carbonyl (C=O) groups is 2. The van der Waals surface area contributed by atoms with Gasteiger partial charge in [-0.25, -0.2) is 4.99 Å². The molecular weight excluding hydrogens is 481 g/mol. The Hall–Kier alpha value is -1.84. The minimum absolute atomic E-state index is 0. The predicted octanol–water partition coefficient (Wildman–Crippen LogP) is 2.79. The van der Waals surface area contributed by atoms with Crippen LogP contribution in [0.4, 0.5) is 5.69 Å². The van der Waals surface area contributed by atoms with E-state index < -0.39 is 0 Å². The molecule has 1 aromatic carbocycles. The molecule has 8 heteroatoms. The van der Waals surface area contributed by atoms with Crippen LogP contribution in [0.2, 0.25) is 0 Å². The van der Waals surface area contributed by atoms with Crippen molar-refractivity contribution < 1.29 is 9.59 Å². The van der Waals surface area contributed by atoms with Gasteiger partial charge in [-0.05, 0) is 44.4 Å². The van der Waals surface area contributed by atoms with E-state index in [2.05, 4.69) is 27.9 Å². The maximum atomic E-state index is 11.9. The molecule has 0 radical (unpaired) electrons. The molecule has 162 valence electrons. The number of hydrogen-bond acceptors (Lipinski definition) is 3. The van der Waals surface area contributed by atoms with Gasteiger partial charge in [0.15, 0.2) is 5.96 Å². The topological polar surface area (TPSA) is 85.8 Å². The molecular formula is C21H34IN5O2. The van der Waals surface area contributed by atoms with Crippen molar-refractivity contribution in [1.29, 1.82) is 0 Å². The highest BCUT2D eigenvalue weighted by Gasteiger charge is 2.21. The van der Waals surface area contributed by atoms with E-state index in [9.17, 15) is 9.59 Å². The molecule has 2 amide bonds. The van der Waals surface area contributed by atoms with Crippen LogP contribution < -0.4 is 20.9 Å². The average molecular weight is 515 g/mol. The fraction of sp³-hybridized carbons (Fsp3) is 0.571. The molecule has 3 N–H and O–H groups in total. The molecule has 0 saturated carbocycles. The molecule has 1 heterocycles. The van der Waals surface area contributed by atoms with Crippen LogP contribution >= 0.6 is 24.0 Å². The summed E-state index contributed by atoms with van der Waals surface area (Å²) >= 11 is 0. The maximum Gasteiger partial charge on any atom is 0.227 e. The Kier molecular flexibility index (Phi) is 11.6. The van der Waals surface area contributed by atoms with Crippen molar-refractivity contribution in [3.8, 4) is 0 Å². The number of anilines is 1. The normalized spacial score (nSPS) is 14.9. The molecule has 1 atom stereocenters. The van der Waals surface area contributed by atoms with Crippen LogP contribution in [0.25, 0.3) is 0 Å². The lowest BCUT2D eigenvalue weighted by atomic mass is 10.2. The van der Waals surface area contributed by atoms with Crippen molar-refractivity contribution in [1.82, 2.24) is 16.0 Å². The summed E-state index contributed by atoms with van der Waals surface area (Å²) in [4.78, 5) is 30.1. The van der Waals surface area contributed by atoms with Gasteiger partial charge in [0.2, 0.25) is 11.8 Å². The Morgan fingerprint density at radius 2 is 1.93 bits per heavy atom. The number of guanidine groups is 1. The van der Waals surface area contributed by atoms with E-state index in [1.165, 1.54) is 0 Å². The number of nitrogens with one attached hydrogen (secondary N) is 3. The number of halogens is 1. The number of nitrogens with zero attached hydrogens (tertiary/aromatic N) is 2. The zero-order valence-corrected chi connectivity index (χ0v) is 20.0. The Bertz CT molecular complexity index is 678. The SMILES string of the molecule is CCNC(=NCc1ccc(N2CCCC2=O)cc1)NCCC(=O)NC(C)CC.I. The third kappa shape index (κ3) is 8.59. The first kappa shape index (κ1) is 25.2. The molecule has 1 saturated heterocycles. The van der Waals surface area contributed by atoms with Crippen LogP contribution in [0.3, 0.4) is 0 Å². The van der Waals surface area contributed by atoms with Gasteiger partial charge in [-0.3, -0.25) is 9.59 Å². The van der Waals surface area contributed by atoms with Gasteiger partial charge >= 0.3 is 0 Å². The lowest BCUT2D eigenvalue weighted by molar-refractivity contribution is -0.121. The van der Waals surface area contributed by atoms with Gasteiger partial charge in [0.1, 0.15) is 0 Å². The number of rotatable bonds is 9. The standard InChI is InChI=1S/C21H33N5O2.HI/c1-4-16(3)25-19(27)12-13-23-21(22-5-2)24-15-17-8-10-18(11-9-17)26-14-6-7-20(26)28;/h8-11,16H,4-7,12-15H2,1-3H3,(H,25,27)(H2,22,23,24);1H. The Balaban J connectivity index is 0.00000420. The summed E-state index contributed by atoms with van der Waals surface area (Å²) in [5, 5.41) is 9.35. The average Bonchev–Trinajstić information content (AvgIpc) is 3.12. The van der Waals surface area contributed by atoms with Crippen LogP contribution in [0.15, 0.2) is 29.3 Å². The molecule has 0 aromatic heterocycles.